The van der Waals surface area contributed by atoms with E-state index in [-0.39, 0.29) is 48.4 Å². The van der Waals surface area contributed by atoms with Crippen LogP contribution in [0.3, 0.4) is 0 Å². The maximum absolute atomic E-state index is 15.2. The van der Waals surface area contributed by atoms with Gasteiger partial charge in [-0.25, -0.2) is 18.4 Å². The van der Waals surface area contributed by atoms with E-state index in [4.69, 9.17) is 9.47 Å². The molecule has 12 heteroatoms. The monoisotopic (exact) mass is 569 g/mol. The lowest BCUT2D eigenvalue weighted by atomic mass is 9.97. The highest BCUT2D eigenvalue weighted by atomic mass is 19.1. The Morgan fingerprint density at radius 3 is 2.44 bits per heavy atom. The first-order valence-electron chi connectivity index (χ1n) is 13.6. The fourth-order valence-electron chi connectivity index (χ4n) is 5.56. The second-order valence-corrected chi connectivity index (χ2v) is 10.8. The molecule has 3 fully saturated rings. The number of anilines is 2. The predicted octanol–water partition coefficient (Wildman–Crippen LogP) is 3.93. The van der Waals surface area contributed by atoms with Gasteiger partial charge in [0.2, 0.25) is 5.43 Å². The summed E-state index contributed by atoms with van der Waals surface area (Å²) >= 11 is 0. The van der Waals surface area contributed by atoms with E-state index in [0.717, 1.165) is 18.9 Å². The van der Waals surface area contributed by atoms with Gasteiger partial charge in [-0.05, 0) is 55.9 Å². The molecular weight excluding hydrogens is 540 g/mol. The van der Waals surface area contributed by atoms with Gasteiger partial charge in [-0.3, -0.25) is 9.69 Å². The number of hydrogen-bond acceptors (Lipinski definition) is 7. The van der Waals surface area contributed by atoms with Crippen LogP contribution in [0.15, 0.2) is 41.3 Å². The van der Waals surface area contributed by atoms with Crippen molar-refractivity contribution in [2.75, 3.05) is 42.6 Å². The standard InChI is InChI=1S/C29H29F2N3O7/c30-22-10-20-24(33(17-1-2-17)13-21(27(20)36)28(37)38)11-25(22)32-7-5-16(6-8-32)15-40-26-4-3-18(9-23(26)31)34-12-19(14-35)41-29(34)39/h3-4,9-11,13,16-17,19,35H,1-2,5-8,12,14-15H2,(H,37,38). The number of rotatable bonds is 8. The van der Waals surface area contributed by atoms with Crippen LogP contribution >= 0.6 is 0 Å². The van der Waals surface area contributed by atoms with Crippen LogP contribution in [0.2, 0.25) is 0 Å². The van der Waals surface area contributed by atoms with Crippen molar-refractivity contribution < 1.29 is 38.1 Å². The maximum atomic E-state index is 15.2. The van der Waals surface area contributed by atoms with Gasteiger partial charge in [-0.1, -0.05) is 0 Å². The van der Waals surface area contributed by atoms with Gasteiger partial charge >= 0.3 is 12.1 Å². The lowest BCUT2D eigenvalue weighted by Gasteiger charge is -2.34. The Kier molecular flexibility index (Phi) is 7.02. The lowest BCUT2D eigenvalue weighted by Crippen LogP contribution is -2.36. The summed E-state index contributed by atoms with van der Waals surface area (Å²) in [5, 5.41) is 18.7. The Balaban J connectivity index is 1.11. The van der Waals surface area contributed by atoms with Crippen LogP contribution in [0.1, 0.15) is 42.1 Å². The summed E-state index contributed by atoms with van der Waals surface area (Å²) < 4.78 is 42.5. The highest BCUT2D eigenvalue weighted by molar-refractivity contribution is 5.93. The quantitative estimate of drug-likeness (QED) is 0.419. The second kappa shape index (κ2) is 10.7. The third-order valence-electron chi connectivity index (χ3n) is 8.01. The van der Waals surface area contributed by atoms with Crippen molar-refractivity contribution in [2.24, 2.45) is 5.92 Å². The number of carbonyl (C=O) groups excluding carboxylic acids is 1. The highest BCUT2D eigenvalue weighted by Gasteiger charge is 2.33. The van der Waals surface area contributed by atoms with Crippen molar-refractivity contribution in [1.29, 1.82) is 0 Å². The Labute approximate surface area is 233 Å². The smallest absolute Gasteiger partial charge is 0.414 e. The molecule has 1 unspecified atom stereocenters. The Morgan fingerprint density at radius 1 is 1.05 bits per heavy atom. The first-order chi connectivity index (χ1) is 19.7. The van der Waals surface area contributed by atoms with E-state index >= 15 is 4.39 Å². The zero-order chi connectivity index (χ0) is 28.8. The summed E-state index contributed by atoms with van der Waals surface area (Å²) in [4.78, 5) is 39.4. The van der Waals surface area contributed by atoms with Gasteiger partial charge < -0.3 is 29.2 Å². The fourth-order valence-corrected chi connectivity index (χ4v) is 5.56. The minimum absolute atomic E-state index is 0.0572. The largest absolute Gasteiger partial charge is 0.490 e. The van der Waals surface area contributed by atoms with Crippen molar-refractivity contribution in [3.8, 4) is 5.75 Å². The van der Waals surface area contributed by atoms with Gasteiger partial charge in [0.05, 0.1) is 36.6 Å². The van der Waals surface area contributed by atoms with Gasteiger partial charge in [-0.2, -0.15) is 0 Å². The van der Waals surface area contributed by atoms with Crippen LogP contribution in [0.4, 0.5) is 25.0 Å². The van der Waals surface area contributed by atoms with E-state index in [2.05, 4.69) is 0 Å². The number of ether oxygens (including phenoxy) is 2. The summed E-state index contributed by atoms with van der Waals surface area (Å²) in [5.74, 6) is -2.37. The number of aromatic carboxylic acids is 1. The van der Waals surface area contributed by atoms with Crippen molar-refractivity contribution in [2.45, 2.75) is 37.8 Å². The number of cyclic esters (lactones) is 1. The van der Waals surface area contributed by atoms with Gasteiger partial charge in [-0.15, -0.1) is 0 Å². The molecule has 0 bridgehead atoms. The van der Waals surface area contributed by atoms with E-state index in [1.165, 1.54) is 23.2 Å². The lowest BCUT2D eigenvalue weighted by molar-refractivity contribution is 0.0694. The number of pyridine rings is 1. The summed E-state index contributed by atoms with van der Waals surface area (Å²) in [6.07, 6.45) is 3.15. The maximum Gasteiger partial charge on any atom is 0.414 e. The van der Waals surface area contributed by atoms with Crippen molar-refractivity contribution >= 4 is 34.3 Å². The highest BCUT2D eigenvalue weighted by Crippen LogP contribution is 2.38. The SMILES string of the molecule is O=C(O)c1cn(C2CC2)c2cc(N3CCC(COc4ccc(N5CC(CO)OC5=O)cc4F)CC3)c(F)cc2c1=O. The molecule has 216 valence electrons. The minimum Gasteiger partial charge on any atom is -0.490 e. The first kappa shape index (κ1) is 27.0. The first-order valence-corrected chi connectivity index (χ1v) is 13.6. The van der Waals surface area contributed by atoms with E-state index in [1.807, 2.05) is 4.90 Å². The molecule has 0 spiro atoms. The number of fused-ring (bicyclic) bond motifs is 1. The average molecular weight is 570 g/mol. The number of amides is 1. The molecule has 3 aliphatic rings. The van der Waals surface area contributed by atoms with Crippen LogP contribution in [0.25, 0.3) is 10.9 Å². The Morgan fingerprint density at radius 2 is 1.80 bits per heavy atom. The number of carbonyl (C=O) groups is 2. The number of carboxylic acid groups (broad SMARTS) is 1. The van der Waals surface area contributed by atoms with E-state index in [9.17, 15) is 29.0 Å². The van der Waals surface area contributed by atoms with E-state index in [0.29, 0.717) is 42.8 Å². The fraction of sp³-hybridized carbons (Fsp3) is 0.414. The van der Waals surface area contributed by atoms with Crippen LogP contribution in [-0.4, -0.2) is 65.8 Å². The zero-order valence-electron chi connectivity index (χ0n) is 22.1. The molecule has 2 aliphatic heterocycles. The number of piperidine rings is 1. The molecule has 1 aliphatic carbocycles. The van der Waals surface area contributed by atoms with Crippen molar-refractivity contribution in [1.82, 2.24) is 4.57 Å². The summed E-state index contributed by atoms with van der Waals surface area (Å²) in [6.45, 7) is 1.15. The summed E-state index contributed by atoms with van der Waals surface area (Å²) in [6, 6.07) is 7.09. The summed E-state index contributed by atoms with van der Waals surface area (Å²) in [7, 11) is 0. The van der Waals surface area contributed by atoms with Crippen LogP contribution in [0, 0.1) is 17.6 Å². The normalized spacial score (nSPS) is 19.6. The van der Waals surface area contributed by atoms with Gasteiger partial charge in [0, 0.05) is 36.8 Å². The van der Waals surface area contributed by atoms with Crippen LogP contribution in [0.5, 0.6) is 5.75 Å². The molecule has 41 heavy (non-hydrogen) atoms. The molecule has 6 rings (SSSR count). The number of nitrogens with zero attached hydrogens (tertiary/aromatic N) is 3. The number of benzene rings is 2. The molecule has 2 aromatic carbocycles. The molecule has 3 aromatic rings. The van der Waals surface area contributed by atoms with Crippen LogP contribution in [-0.2, 0) is 4.74 Å². The molecule has 10 nitrogen and oxygen atoms in total. The number of carboxylic acids is 1. The molecule has 1 amide bonds. The molecule has 3 heterocycles. The van der Waals surface area contributed by atoms with Gasteiger partial charge in [0.25, 0.3) is 0 Å². The molecule has 1 saturated carbocycles. The topological polar surface area (TPSA) is 122 Å². The predicted molar refractivity (Wildman–Crippen MR) is 145 cm³/mol. The van der Waals surface area contributed by atoms with Crippen molar-refractivity contribution in [3.05, 3.63) is 63.9 Å². The third-order valence-corrected chi connectivity index (χ3v) is 8.01. The third kappa shape index (κ3) is 5.19. The summed E-state index contributed by atoms with van der Waals surface area (Å²) in [5.41, 5.74) is 0.141. The minimum atomic E-state index is -1.33. The number of halogens is 2. The molecular formula is C29H29F2N3O7. The molecule has 1 aromatic heterocycles. The molecule has 1 atom stereocenters. The van der Waals surface area contributed by atoms with E-state index in [1.54, 1.807) is 16.7 Å². The van der Waals surface area contributed by atoms with E-state index < -0.39 is 35.2 Å². The molecule has 0 radical (unpaired) electrons. The number of hydrogen-bond donors (Lipinski definition) is 2. The average Bonchev–Trinajstić information content (AvgIpc) is 3.73. The van der Waals surface area contributed by atoms with Crippen molar-refractivity contribution in [3.63, 3.8) is 0 Å². The Bertz CT molecular complexity index is 1580. The Hall–Kier alpha value is -4.19. The molecule has 2 N–H and O–H groups in total. The number of aliphatic hydroxyl groups is 1. The van der Waals surface area contributed by atoms with Crippen LogP contribution < -0.4 is 20.0 Å². The second-order valence-electron chi connectivity index (χ2n) is 10.8. The van der Waals surface area contributed by atoms with Gasteiger partial charge in [0.15, 0.2) is 11.6 Å². The number of aliphatic hydroxyl groups excluding tert-OH is 1. The molecule has 2 saturated heterocycles. The van der Waals surface area contributed by atoms with Gasteiger partial charge in [0.1, 0.15) is 17.5 Å². The zero-order valence-corrected chi connectivity index (χ0v) is 22.1. The number of aromatic nitrogens is 1.